The van der Waals surface area contributed by atoms with Crippen molar-refractivity contribution in [2.75, 3.05) is 5.32 Å². The number of nitrogens with one attached hydrogen (secondary N) is 2. The van der Waals surface area contributed by atoms with Crippen molar-refractivity contribution in [2.24, 2.45) is 0 Å². The molecular weight excluding hydrogens is 318 g/mol. The van der Waals surface area contributed by atoms with Crippen LogP contribution in [0.15, 0.2) is 48.5 Å². The molecule has 2 aromatic carbocycles. The lowest BCUT2D eigenvalue weighted by molar-refractivity contribution is 0.249. The molecule has 6 heteroatoms. The largest absolute Gasteiger partial charge is 0.331 e. The second kappa shape index (κ2) is 6.34. The Balaban J connectivity index is 1.67. The van der Waals surface area contributed by atoms with E-state index in [1.165, 1.54) is 11.3 Å². The van der Waals surface area contributed by atoms with E-state index in [0.717, 1.165) is 15.8 Å². The minimum atomic E-state index is -0.286. The van der Waals surface area contributed by atoms with Gasteiger partial charge in [-0.25, -0.2) is 9.78 Å². The van der Waals surface area contributed by atoms with Crippen LogP contribution in [0.1, 0.15) is 18.5 Å². The molecule has 1 heterocycles. The molecule has 1 aromatic heterocycles. The van der Waals surface area contributed by atoms with Gasteiger partial charge in [-0.2, -0.15) is 0 Å². The number of nitrogens with zero attached hydrogens (tertiary/aromatic N) is 1. The van der Waals surface area contributed by atoms with Gasteiger partial charge in [0.25, 0.3) is 0 Å². The van der Waals surface area contributed by atoms with Crippen molar-refractivity contribution in [3.05, 3.63) is 59.1 Å². The fraction of sp³-hybridized carbons (Fsp3) is 0.125. The van der Waals surface area contributed by atoms with Crippen LogP contribution >= 0.6 is 22.9 Å². The van der Waals surface area contributed by atoms with Crippen LogP contribution in [0.25, 0.3) is 10.2 Å². The molecule has 1 unspecified atom stereocenters. The number of fused-ring (bicyclic) bond motifs is 1. The fourth-order valence-electron chi connectivity index (χ4n) is 2.11. The van der Waals surface area contributed by atoms with E-state index in [9.17, 15) is 4.79 Å². The van der Waals surface area contributed by atoms with E-state index in [1.807, 2.05) is 49.4 Å². The minimum absolute atomic E-state index is 0.145. The SMILES string of the molecule is CC(NC(=O)Nc1nc2ccccc2s1)c1cccc(Cl)c1. The maximum Gasteiger partial charge on any atom is 0.321 e. The number of rotatable bonds is 3. The second-order valence-corrected chi connectivity index (χ2v) is 6.33. The Hall–Kier alpha value is -2.11. The molecule has 0 fully saturated rings. The number of carbonyl (C=O) groups excluding carboxylic acids is 1. The fourth-order valence-corrected chi connectivity index (χ4v) is 3.17. The number of carbonyl (C=O) groups is 1. The number of amides is 2. The van der Waals surface area contributed by atoms with Crippen LogP contribution in [0.5, 0.6) is 0 Å². The quantitative estimate of drug-likeness (QED) is 0.722. The molecule has 0 aliphatic carbocycles. The average molecular weight is 332 g/mol. The van der Waals surface area contributed by atoms with Gasteiger partial charge in [0.15, 0.2) is 5.13 Å². The number of para-hydroxylation sites is 1. The summed E-state index contributed by atoms with van der Waals surface area (Å²) in [6.45, 7) is 1.91. The Morgan fingerprint density at radius 2 is 2.05 bits per heavy atom. The van der Waals surface area contributed by atoms with Crippen molar-refractivity contribution in [3.8, 4) is 0 Å². The number of aromatic nitrogens is 1. The van der Waals surface area contributed by atoms with Crippen molar-refractivity contribution >= 4 is 44.3 Å². The lowest BCUT2D eigenvalue weighted by atomic mass is 10.1. The summed E-state index contributed by atoms with van der Waals surface area (Å²) in [5.41, 5.74) is 1.83. The highest BCUT2D eigenvalue weighted by atomic mass is 35.5. The third kappa shape index (κ3) is 3.37. The number of hydrogen-bond donors (Lipinski definition) is 2. The second-order valence-electron chi connectivity index (χ2n) is 4.86. The monoisotopic (exact) mass is 331 g/mol. The molecule has 0 aliphatic heterocycles. The van der Waals surface area contributed by atoms with Crippen molar-refractivity contribution < 1.29 is 4.79 Å². The van der Waals surface area contributed by atoms with Gasteiger partial charge in [-0.1, -0.05) is 47.2 Å². The first-order chi connectivity index (χ1) is 10.6. The predicted octanol–water partition coefficient (Wildman–Crippen LogP) is 4.83. The first-order valence-electron chi connectivity index (χ1n) is 6.80. The summed E-state index contributed by atoms with van der Waals surface area (Å²) in [6, 6.07) is 14.8. The topological polar surface area (TPSA) is 54.0 Å². The first kappa shape index (κ1) is 14.8. The van der Waals surface area contributed by atoms with Gasteiger partial charge in [-0.05, 0) is 36.8 Å². The van der Waals surface area contributed by atoms with Crippen LogP contribution in [0.4, 0.5) is 9.93 Å². The Kier molecular flexibility index (Phi) is 4.27. The molecule has 4 nitrogen and oxygen atoms in total. The highest BCUT2D eigenvalue weighted by Crippen LogP contribution is 2.25. The molecule has 3 aromatic rings. The Bertz CT molecular complexity index is 785. The third-order valence-corrected chi connectivity index (χ3v) is 4.40. The van der Waals surface area contributed by atoms with E-state index in [4.69, 9.17) is 11.6 Å². The number of thiazole rings is 1. The lowest BCUT2D eigenvalue weighted by Gasteiger charge is -2.14. The minimum Gasteiger partial charge on any atom is -0.331 e. The molecule has 0 spiro atoms. The zero-order valence-electron chi connectivity index (χ0n) is 11.8. The van der Waals surface area contributed by atoms with Crippen molar-refractivity contribution in [3.63, 3.8) is 0 Å². The van der Waals surface area contributed by atoms with Crippen LogP contribution in [-0.4, -0.2) is 11.0 Å². The van der Waals surface area contributed by atoms with Gasteiger partial charge in [-0.3, -0.25) is 5.32 Å². The normalized spacial score (nSPS) is 12.1. The van der Waals surface area contributed by atoms with Crippen LogP contribution < -0.4 is 10.6 Å². The van der Waals surface area contributed by atoms with Crippen molar-refractivity contribution in [1.29, 1.82) is 0 Å². The zero-order valence-corrected chi connectivity index (χ0v) is 13.4. The summed E-state index contributed by atoms with van der Waals surface area (Å²) in [6.07, 6.45) is 0. The third-order valence-electron chi connectivity index (χ3n) is 3.21. The molecule has 2 amide bonds. The molecule has 1 atom stereocenters. The number of hydrogen-bond acceptors (Lipinski definition) is 3. The van der Waals surface area contributed by atoms with E-state index in [-0.39, 0.29) is 12.1 Å². The maximum absolute atomic E-state index is 12.1. The van der Waals surface area contributed by atoms with Crippen molar-refractivity contribution in [1.82, 2.24) is 10.3 Å². The molecule has 0 aliphatic rings. The molecular formula is C16H14ClN3OS. The van der Waals surface area contributed by atoms with E-state index in [0.29, 0.717) is 10.2 Å². The summed E-state index contributed by atoms with van der Waals surface area (Å²) in [5, 5.41) is 6.88. The highest BCUT2D eigenvalue weighted by molar-refractivity contribution is 7.22. The van der Waals surface area contributed by atoms with Crippen LogP contribution in [0, 0.1) is 0 Å². The van der Waals surface area contributed by atoms with Gasteiger partial charge in [-0.15, -0.1) is 0 Å². The summed E-state index contributed by atoms with van der Waals surface area (Å²) in [4.78, 5) is 16.4. The molecule has 0 radical (unpaired) electrons. The van der Waals surface area contributed by atoms with Gasteiger partial charge in [0, 0.05) is 5.02 Å². The smallest absolute Gasteiger partial charge is 0.321 e. The van der Waals surface area contributed by atoms with Crippen LogP contribution in [-0.2, 0) is 0 Å². The van der Waals surface area contributed by atoms with E-state index >= 15 is 0 Å². The number of urea groups is 1. The van der Waals surface area contributed by atoms with Gasteiger partial charge >= 0.3 is 6.03 Å². The van der Waals surface area contributed by atoms with Gasteiger partial charge in [0.1, 0.15) is 0 Å². The molecule has 0 bridgehead atoms. The lowest BCUT2D eigenvalue weighted by Crippen LogP contribution is -2.31. The summed E-state index contributed by atoms with van der Waals surface area (Å²) in [7, 11) is 0. The molecule has 0 saturated carbocycles. The number of benzene rings is 2. The number of anilines is 1. The summed E-state index contributed by atoms with van der Waals surface area (Å²) < 4.78 is 1.04. The van der Waals surface area contributed by atoms with E-state index in [2.05, 4.69) is 15.6 Å². The van der Waals surface area contributed by atoms with Gasteiger partial charge in [0.05, 0.1) is 16.3 Å². The summed E-state index contributed by atoms with van der Waals surface area (Å²) in [5.74, 6) is 0. The first-order valence-corrected chi connectivity index (χ1v) is 8.00. The van der Waals surface area contributed by atoms with E-state index < -0.39 is 0 Å². The average Bonchev–Trinajstić information content (AvgIpc) is 2.89. The highest BCUT2D eigenvalue weighted by Gasteiger charge is 2.11. The Morgan fingerprint density at radius 1 is 1.23 bits per heavy atom. The standard InChI is InChI=1S/C16H14ClN3OS/c1-10(11-5-4-6-12(17)9-11)18-15(21)20-16-19-13-7-2-3-8-14(13)22-16/h2-10H,1H3,(H2,18,19,20,21). The van der Waals surface area contributed by atoms with E-state index in [1.54, 1.807) is 6.07 Å². The zero-order chi connectivity index (χ0) is 15.5. The Morgan fingerprint density at radius 3 is 2.82 bits per heavy atom. The molecule has 112 valence electrons. The maximum atomic E-state index is 12.1. The number of halogens is 1. The van der Waals surface area contributed by atoms with Gasteiger partial charge in [0.2, 0.25) is 0 Å². The predicted molar refractivity (Wildman–Crippen MR) is 91.6 cm³/mol. The molecule has 22 heavy (non-hydrogen) atoms. The van der Waals surface area contributed by atoms with Crippen LogP contribution in [0.2, 0.25) is 5.02 Å². The van der Waals surface area contributed by atoms with Crippen LogP contribution in [0.3, 0.4) is 0 Å². The van der Waals surface area contributed by atoms with Crippen molar-refractivity contribution in [2.45, 2.75) is 13.0 Å². The Labute approximate surface area is 137 Å². The molecule has 2 N–H and O–H groups in total. The molecule has 3 rings (SSSR count). The molecule has 0 saturated heterocycles. The summed E-state index contributed by atoms with van der Waals surface area (Å²) >= 11 is 7.41. The van der Waals surface area contributed by atoms with Gasteiger partial charge < -0.3 is 5.32 Å².